The summed E-state index contributed by atoms with van der Waals surface area (Å²) in [4.78, 5) is 48.3. The number of rotatable bonds is 7. The minimum Gasteiger partial charge on any atom is -0.493 e. The Hall–Kier alpha value is -2.50. The number of β-lactam (4-membered cyclic amide) rings is 1. The number of carbonyl (C=O) groups excluding carboxylic acids is 2. The summed E-state index contributed by atoms with van der Waals surface area (Å²) in [6.07, 6.45) is 1.29. The molecule has 1 aromatic carbocycles. The number of amides is 2. The Balaban J connectivity index is 0.000000345. The Morgan fingerprint density at radius 1 is 1.33 bits per heavy atom. The van der Waals surface area contributed by atoms with Crippen molar-refractivity contribution >= 4 is 47.1 Å². The third-order valence-electron chi connectivity index (χ3n) is 6.63. The van der Waals surface area contributed by atoms with Crippen LogP contribution in [0.15, 0.2) is 18.2 Å². The lowest BCUT2D eigenvalue weighted by Crippen LogP contribution is -2.71. The number of carboxylic acids is 2. The zero-order chi connectivity index (χ0) is 27.0. The smallest absolute Gasteiger partial charge is 0.327 e. The summed E-state index contributed by atoms with van der Waals surface area (Å²) in [5.41, 5.74) is 7.10. The van der Waals surface area contributed by atoms with Crippen LogP contribution in [0.5, 0.6) is 5.75 Å². The Morgan fingerprint density at radius 2 is 2.00 bits per heavy atom. The van der Waals surface area contributed by atoms with Gasteiger partial charge in [-0.15, -0.1) is 23.4 Å². The molecule has 3 heterocycles. The van der Waals surface area contributed by atoms with E-state index in [2.05, 4.69) is 5.32 Å². The first-order valence-electron chi connectivity index (χ1n) is 11.5. The number of fused-ring (bicyclic) bond motifs is 2. The molecule has 0 bridgehead atoms. The van der Waals surface area contributed by atoms with Crippen LogP contribution in [0.3, 0.4) is 0 Å². The van der Waals surface area contributed by atoms with Gasteiger partial charge in [-0.25, -0.2) is 4.79 Å². The van der Waals surface area contributed by atoms with Crippen molar-refractivity contribution in [3.05, 3.63) is 29.3 Å². The van der Waals surface area contributed by atoms with E-state index in [1.165, 1.54) is 16.7 Å². The number of alkyl halides is 1. The number of nitrogens with one attached hydrogen (secondary N) is 1. The second-order valence-electron chi connectivity index (χ2n) is 10.2. The van der Waals surface area contributed by atoms with Crippen molar-refractivity contribution < 1.29 is 34.1 Å². The summed E-state index contributed by atoms with van der Waals surface area (Å²) < 4.78 is 4.82. The zero-order valence-electron chi connectivity index (χ0n) is 20.6. The summed E-state index contributed by atoms with van der Waals surface area (Å²) in [5, 5.41) is 20.3. The average molecular weight is 542 g/mol. The summed E-state index contributed by atoms with van der Waals surface area (Å²) >= 11 is 6.75. The molecule has 198 valence electrons. The van der Waals surface area contributed by atoms with E-state index >= 15 is 0 Å². The molecule has 10 nitrogen and oxygen atoms in total. The summed E-state index contributed by atoms with van der Waals surface area (Å²) in [5.74, 6) is -1.45. The highest BCUT2D eigenvalue weighted by atomic mass is 35.5. The van der Waals surface area contributed by atoms with Gasteiger partial charge in [-0.05, 0) is 57.4 Å². The number of aliphatic carboxylic acids is 2. The molecule has 0 aromatic heterocycles. The molecule has 2 amide bonds. The van der Waals surface area contributed by atoms with Crippen molar-refractivity contribution in [1.82, 2.24) is 10.2 Å². The van der Waals surface area contributed by atoms with Crippen LogP contribution in [0.2, 0.25) is 0 Å². The van der Waals surface area contributed by atoms with E-state index in [0.29, 0.717) is 24.5 Å². The number of nitrogens with two attached hydrogens (primary N) is 1. The number of carboxylic acid groups (broad SMARTS) is 2. The van der Waals surface area contributed by atoms with Crippen LogP contribution in [0.25, 0.3) is 0 Å². The number of halogens is 1. The minimum atomic E-state index is -1.04. The van der Waals surface area contributed by atoms with Gasteiger partial charge in [-0.3, -0.25) is 14.4 Å². The predicted octanol–water partition coefficient (Wildman–Crippen LogP) is 1.98. The zero-order valence-corrected chi connectivity index (χ0v) is 22.2. The van der Waals surface area contributed by atoms with Crippen LogP contribution in [0.4, 0.5) is 0 Å². The highest BCUT2D eigenvalue weighted by Gasteiger charge is 2.64. The number of ether oxygens (including phenoxy) is 1. The highest BCUT2D eigenvalue weighted by Crippen LogP contribution is 2.50. The van der Waals surface area contributed by atoms with Gasteiger partial charge < -0.3 is 30.9 Å². The van der Waals surface area contributed by atoms with E-state index in [9.17, 15) is 24.3 Å². The first-order chi connectivity index (χ1) is 16.7. The molecule has 3 aliphatic heterocycles. The monoisotopic (exact) mass is 541 g/mol. The first kappa shape index (κ1) is 28.1. The van der Waals surface area contributed by atoms with Gasteiger partial charge in [0.25, 0.3) is 0 Å². The maximum atomic E-state index is 12.6. The van der Waals surface area contributed by atoms with Crippen LogP contribution in [0, 0.1) is 5.41 Å². The van der Waals surface area contributed by atoms with E-state index in [1.54, 1.807) is 39.8 Å². The quantitative estimate of drug-likeness (QED) is 0.299. The van der Waals surface area contributed by atoms with Gasteiger partial charge in [0.15, 0.2) is 0 Å². The van der Waals surface area contributed by atoms with Gasteiger partial charge in [0.05, 0.1) is 12.0 Å². The van der Waals surface area contributed by atoms with E-state index in [0.717, 1.165) is 17.7 Å². The van der Waals surface area contributed by atoms with E-state index in [-0.39, 0.29) is 5.91 Å². The lowest BCUT2D eigenvalue weighted by molar-refractivity contribution is -0.161. The van der Waals surface area contributed by atoms with Gasteiger partial charge in [0, 0.05) is 17.0 Å². The first-order valence-corrected chi connectivity index (χ1v) is 13.0. The molecular formula is C24H32ClN3O7S. The van der Waals surface area contributed by atoms with Gasteiger partial charge in [0.1, 0.15) is 29.2 Å². The molecule has 1 aromatic rings. The molecule has 0 radical (unpaired) electrons. The van der Waals surface area contributed by atoms with Crippen molar-refractivity contribution in [2.45, 2.75) is 68.8 Å². The molecule has 0 saturated carbocycles. The number of benzene rings is 1. The molecule has 5 N–H and O–H groups in total. The number of hydrogen-bond donors (Lipinski definition) is 4. The Bertz CT molecular complexity index is 1060. The molecule has 0 spiro atoms. The number of nitrogens with zero attached hydrogens (tertiary/aromatic N) is 1. The predicted molar refractivity (Wildman–Crippen MR) is 135 cm³/mol. The van der Waals surface area contributed by atoms with Crippen molar-refractivity contribution in [3.8, 4) is 5.75 Å². The normalized spacial score (nSPS) is 24.3. The van der Waals surface area contributed by atoms with Crippen LogP contribution in [-0.4, -0.2) is 73.6 Å². The fraction of sp³-hybridized carbons (Fsp3) is 0.583. The van der Waals surface area contributed by atoms with Crippen LogP contribution < -0.4 is 15.8 Å². The molecule has 12 heteroatoms. The Labute approximate surface area is 218 Å². The number of carbonyl (C=O) groups is 4. The Kier molecular flexibility index (Phi) is 8.17. The summed E-state index contributed by atoms with van der Waals surface area (Å²) in [6, 6.07) is 2.83. The topological polar surface area (TPSA) is 159 Å². The Morgan fingerprint density at radius 3 is 2.56 bits per heavy atom. The average Bonchev–Trinajstić information content (AvgIpc) is 3.36. The van der Waals surface area contributed by atoms with E-state index in [4.69, 9.17) is 27.2 Å². The van der Waals surface area contributed by atoms with E-state index in [1.807, 2.05) is 6.07 Å². The van der Waals surface area contributed by atoms with Crippen LogP contribution in [-0.2, 0) is 25.6 Å². The molecule has 0 aliphatic carbocycles. The van der Waals surface area contributed by atoms with Crippen LogP contribution >= 0.6 is 23.4 Å². The SMILES string of the molecule is CC(C)(CCCl)C(=O)O.CC1(C)SC2C(NC(=O)C(N)c3ccc4c(c3)CCO4)C(=O)N2C1C(=O)O. The second kappa shape index (κ2) is 10.5. The maximum absolute atomic E-state index is 12.6. The fourth-order valence-corrected chi connectivity index (χ4v) is 6.38. The molecule has 4 rings (SSSR count). The second-order valence-corrected chi connectivity index (χ2v) is 12.3. The molecule has 3 aliphatic rings. The maximum Gasteiger partial charge on any atom is 0.327 e. The number of thioether (sulfide) groups is 1. The summed E-state index contributed by atoms with van der Waals surface area (Å²) in [7, 11) is 0. The number of hydrogen-bond acceptors (Lipinski definition) is 7. The van der Waals surface area contributed by atoms with Crippen LogP contribution in [0.1, 0.15) is 51.3 Å². The molecule has 4 unspecified atom stereocenters. The molecule has 2 saturated heterocycles. The lowest BCUT2D eigenvalue weighted by Gasteiger charge is -2.43. The highest BCUT2D eigenvalue weighted by molar-refractivity contribution is 8.01. The van der Waals surface area contributed by atoms with Gasteiger partial charge in [0.2, 0.25) is 11.8 Å². The van der Waals surface area contributed by atoms with Crippen molar-refractivity contribution in [1.29, 1.82) is 0 Å². The van der Waals surface area contributed by atoms with Gasteiger partial charge in [-0.1, -0.05) is 6.07 Å². The van der Waals surface area contributed by atoms with Gasteiger partial charge in [-0.2, -0.15) is 0 Å². The van der Waals surface area contributed by atoms with Gasteiger partial charge >= 0.3 is 11.9 Å². The van der Waals surface area contributed by atoms with Crippen molar-refractivity contribution in [2.24, 2.45) is 11.1 Å². The molecular weight excluding hydrogens is 510 g/mol. The molecule has 4 atom stereocenters. The largest absolute Gasteiger partial charge is 0.493 e. The molecule has 2 fully saturated rings. The van der Waals surface area contributed by atoms with E-state index < -0.39 is 51.5 Å². The standard InChI is InChI=1S/C18H21N3O5S.C6H11ClO2/c1-18(2)13(17(24)25)21-15(23)12(16(21)27-18)20-14(22)11(19)9-3-4-10-8(7-9)5-6-26-10;1-6(2,3-4-7)5(8)9/h3-4,7,11-13,16H,5-6,19H2,1-2H3,(H,20,22)(H,24,25);3-4H2,1-2H3,(H,8,9). The van der Waals surface area contributed by atoms with Crippen molar-refractivity contribution in [3.63, 3.8) is 0 Å². The summed E-state index contributed by atoms with van der Waals surface area (Å²) in [6.45, 7) is 7.53. The third kappa shape index (κ3) is 5.42. The van der Waals surface area contributed by atoms with Crippen molar-refractivity contribution in [2.75, 3.05) is 12.5 Å². The third-order valence-corrected chi connectivity index (χ3v) is 8.39. The minimum absolute atomic E-state index is 0.381. The fourth-order valence-electron chi connectivity index (χ4n) is 4.28. The lowest BCUT2D eigenvalue weighted by atomic mass is 9.91. The molecule has 36 heavy (non-hydrogen) atoms.